The second kappa shape index (κ2) is 12.5. The van der Waals surface area contributed by atoms with Crippen molar-refractivity contribution in [1.82, 2.24) is 15.6 Å². The molecule has 0 unspecified atom stereocenters. The van der Waals surface area contributed by atoms with E-state index in [1.54, 1.807) is 6.20 Å². The molecular weight excluding hydrogens is 434 g/mol. The van der Waals surface area contributed by atoms with Crippen LogP contribution in [0.1, 0.15) is 56.9 Å². The molecule has 34 heavy (non-hydrogen) atoms. The third-order valence-corrected chi connectivity index (χ3v) is 6.69. The van der Waals surface area contributed by atoms with Crippen molar-refractivity contribution in [2.45, 2.75) is 75.9 Å². The molecule has 0 saturated heterocycles. The Balaban J connectivity index is 1.63. The van der Waals surface area contributed by atoms with Crippen molar-refractivity contribution < 1.29 is 19.5 Å². The molecule has 1 saturated carbocycles. The van der Waals surface area contributed by atoms with Crippen LogP contribution in [-0.4, -0.2) is 52.5 Å². The predicted molar refractivity (Wildman–Crippen MR) is 131 cm³/mol. The zero-order chi connectivity index (χ0) is 24.5. The van der Waals surface area contributed by atoms with Gasteiger partial charge in [0.2, 0.25) is 11.8 Å². The lowest BCUT2D eigenvalue weighted by Gasteiger charge is -2.26. The van der Waals surface area contributed by atoms with Gasteiger partial charge in [-0.1, -0.05) is 50.3 Å². The number of para-hydroxylation sites is 1. The van der Waals surface area contributed by atoms with Crippen LogP contribution >= 0.6 is 0 Å². The number of nitrogens with two attached hydrogens (primary N) is 2. The molecule has 0 radical (unpaired) electrons. The first kappa shape index (κ1) is 25.7. The molecule has 186 valence electrons. The topological polar surface area (TPSA) is 163 Å². The van der Waals surface area contributed by atoms with Crippen molar-refractivity contribution in [2.75, 3.05) is 6.54 Å². The summed E-state index contributed by atoms with van der Waals surface area (Å²) in [6.07, 6.45) is 8.98. The van der Waals surface area contributed by atoms with Crippen molar-refractivity contribution >= 4 is 28.7 Å². The number of hydrogen-bond donors (Lipinski definition) is 6. The minimum Gasteiger partial charge on any atom is -0.480 e. The summed E-state index contributed by atoms with van der Waals surface area (Å²) in [5, 5.41) is 16.0. The maximum atomic E-state index is 13.0. The second-order valence-corrected chi connectivity index (χ2v) is 9.30. The summed E-state index contributed by atoms with van der Waals surface area (Å²) in [5.74, 6) is -1.64. The largest absolute Gasteiger partial charge is 0.480 e. The fourth-order valence-electron chi connectivity index (χ4n) is 4.75. The zero-order valence-electron chi connectivity index (χ0n) is 19.6. The summed E-state index contributed by atoms with van der Waals surface area (Å²) in [7, 11) is 0. The molecule has 1 aromatic heterocycles. The summed E-state index contributed by atoms with van der Waals surface area (Å²) >= 11 is 0. The summed E-state index contributed by atoms with van der Waals surface area (Å²) in [6, 6.07) is 4.85. The first-order valence-corrected chi connectivity index (χ1v) is 12.2. The van der Waals surface area contributed by atoms with Crippen molar-refractivity contribution in [1.29, 1.82) is 0 Å². The Morgan fingerprint density at radius 1 is 1.06 bits per heavy atom. The van der Waals surface area contributed by atoms with Gasteiger partial charge in [-0.25, -0.2) is 4.79 Å². The number of aromatic amines is 1. The lowest BCUT2D eigenvalue weighted by Crippen LogP contribution is -2.55. The Morgan fingerprint density at radius 3 is 2.47 bits per heavy atom. The molecule has 0 aliphatic heterocycles. The van der Waals surface area contributed by atoms with Gasteiger partial charge in [0.05, 0.1) is 6.04 Å². The second-order valence-electron chi connectivity index (χ2n) is 9.30. The van der Waals surface area contributed by atoms with Crippen LogP contribution in [0.3, 0.4) is 0 Å². The minimum atomic E-state index is -1.14. The predicted octanol–water partition coefficient (Wildman–Crippen LogP) is 1.80. The summed E-state index contributed by atoms with van der Waals surface area (Å²) < 4.78 is 0. The van der Waals surface area contributed by atoms with Gasteiger partial charge >= 0.3 is 5.97 Å². The molecular formula is C25H37N5O4. The number of carboxylic acids is 1. The van der Waals surface area contributed by atoms with E-state index in [1.165, 1.54) is 6.42 Å². The Bertz CT molecular complexity index is 969. The maximum absolute atomic E-state index is 13.0. The highest BCUT2D eigenvalue weighted by molar-refractivity contribution is 5.92. The SMILES string of the molecule is NCCC[C@H](NC(=O)[C@@H](N)CC1CCCCC1)C(=O)N[C@@H](Cc1c[nH]c2ccccc12)C(=O)O. The number of carboxylic acid groups (broad SMARTS) is 1. The number of carbonyl (C=O) groups is 3. The average Bonchev–Trinajstić information content (AvgIpc) is 3.24. The Labute approximate surface area is 200 Å². The highest BCUT2D eigenvalue weighted by Gasteiger charge is 2.29. The van der Waals surface area contributed by atoms with Crippen molar-refractivity contribution in [3.8, 4) is 0 Å². The van der Waals surface area contributed by atoms with E-state index < -0.39 is 30.0 Å². The van der Waals surface area contributed by atoms with Crippen LogP contribution in [0.15, 0.2) is 30.5 Å². The third-order valence-electron chi connectivity index (χ3n) is 6.69. The van der Waals surface area contributed by atoms with Crippen molar-refractivity contribution in [2.24, 2.45) is 17.4 Å². The van der Waals surface area contributed by atoms with Crippen molar-refractivity contribution in [3.05, 3.63) is 36.0 Å². The lowest BCUT2D eigenvalue weighted by atomic mass is 9.85. The number of fused-ring (bicyclic) bond motifs is 1. The van der Waals surface area contributed by atoms with Crippen LogP contribution in [0.2, 0.25) is 0 Å². The van der Waals surface area contributed by atoms with Crippen LogP contribution in [-0.2, 0) is 20.8 Å². The van der Waals surface area contributed by atoms with E-state index in [2.05, 4.69) is 15.6 Å². The summed E-state index contributed by atoms with van der Waals surface area (Å²) in [5.41, 5.74) is 13.5. The highest BCUT2D eigenvalue weighted by atomic mass is 16.4. The molecule has 0 spiro atoms. The summed E-state index contributed by atoms with van der Waals surface area (Å²) in [4.78, 5) is 40.8. The number of nitrogens with one attached hydrogen (secondary N) is 3. The monoisotopic (exact) mass is 471 g/mol. The zero-order valence-corrected chi connectivity index (χ0v) is 19.6. The highest BCUT2D eigenvalue weighted by Crippen LogP contribution is 2.27. The first-order valence-electron chi connectivity index (χ1n) is 12.2. The molecule has 2 aromatic rings. The molecule has 9 heteroatoms. The van der Waals surface area contributed by atoms with Crippen LogP contribution in [0.25, 0.3) is 10.9 Å². The van der Waals surface area contributed by atoms with Gasteiger partial charge in [-0.3, -0.25) is 9.59 Å². The molecule has 1 aliphatic rings. The Morgan fingerprint density at radius 2 is 1.76 bits per heavy atom. The number of rotatable bonds is 12. The number of hydrogen-bond acceptors (Lipinski definition) is 5. The van der Waals surface area contributed by atoms with Crippen LogP contribution in [0.5, 0.6) is 0 Å². The van der Waals surface area contributed by atoms with Crippen molar-refractivity contribution in [3.63, 3.8) is 0 Å². The van der Waals surface area contributed by atoms with Crippen LogP contribution < -0.4 is 22.1 Å². The van der Waals surface area contributed by atoms with Gasteiger partial charge in [0.15, 0.2) is 0 Å². The van der Waals surface area contributed by atoms with E-state index in [4.69, 9.17) is 11.5 Å². The molecule has 8 N–H and O–H groups in total. The van der Waals surface area contributed by atoms with Gasteiger partial charge in [0, 0.05) is 23.5 Å². The standard InChI is InChI=1S/C25H37N5O4/c26-12-6-11-21(29-23(31)19(27)13-16-7-2-1-3-8-16)24(32)30-22(25(33)34)14-17-15-28-20-10-5-4-9-18(17)20/h4-5,9-10,15-16,19,21-22,28H,1-3,6-8,11-14,26-27H2,(H,29,31)(H,30,32)(H,33,34)/t19-,21-,22-/m0/s1. The Hall–Kier alpha value is -2.91. The minimum absolute atomic E-state index is 0.115. The smallest absolute Gasteiger partial charge is 0.326 e. The Kier molecular flexibility index (Phi) is 9.47. The van der Waals surface area contributed by atoms with E-state index in [0.29, 0.717) is 31.7 Å². The fourth-order valence-corrected chi connectivity index (χ4v) is 4.75. The number of amides is 2. The number of aromatic nitrogens is 1. The molecule has 0 bridgehead atoms. The quantitative estimate of drug-likeness (QED) is 0.276. The summed E-state index contributed by atoms with van der Waals surface area (Å²) in [6.45, 7) is 0.353. The first-order chi connectivity index (χ1) is 16.4. The van der Waals surface area contributed by atoms with Gasteiger partial charge in [-0.2, -0.15) is 0 Å². The molecule has 1 heterocycles. The van der Waals surface area contributed by atoms with Gasteiger partial charge < -0.3 is 32.2 Å². The van der Waals surface area contributed by atoms with Gasteiger partial charge in [-0.05, 0) is 43.4 Å². The number of aliphatic carboxylic acids is 1. The molecule has 1 fully saturated rings. The van der Waals surface area contributed by atoms with E-state index in [0.717, 1.165) is 42.1 Å². The fraction of sp³-hybridized carbons (Fsp3) is 0.560. The van der Waals surface area contributed by atoms with E-state index in [-0.39, 0.29) is 12.3 Å². The molecule has 3 atom stereocenters. The van der Waals surface area contributed by atoms with Gasteiger partial charge in [0.25, 0.3) is 0 Å². The molecule has 9 nitrogen and oxygen atoms in total. The lowest BCUT2D eigenvalue weighted by molar-refractivity contribution is -0.142. The normalized spacial score (nSPS) is 17.1. The van der Waals surface area contributed by atoms with Gasteiger partial charge in [0.1, 0.15) is 12.1 Å². The molecule has 1 aliphatic carbocycles. The molecule has 2 amide bonds. The molecule has 1 aromatic carbocycles. The van der Waals surface area contributed by atoms with Crippen LogP contribution in [0.4, 0.5) is 0 Å². The van der Waals surface area contributed by atoms with E-state index in [9.17, 15) is 19.5 Å². The molecule has 3 rings (SSSR count). The third kappa shape index (κ3) is 7.04. The van der Waals surface area contributed by atoms with E-state index >= 15 is 0 Å². The van der Waals surface area contributed by atoms with Gasteiger partial charge in [-0.15, -0.1) is 0 Å². The number of H-pyrrole nitrogens is 1. The van der Waals surface area contributed by atoms with Crippen LogP contribution in [0, 0.1) is 5.92 Å². The number of carbonyl (C=O) groups excluding carboxylic acids is 2. The average molecular weight is 472 g/mol. The number of benzene rings is 1. The van der Waals surface area contributed by atoms with E-state index in [1.807, 2.05) is 24.3 Å². The maximum Gasteiger partial charge on any atom is 0.326 e.